The van der Waals surface area contributed by atoms with Crippen LogP contribution in [0.5, 0.6) is 0 Å². The zero-order chi connectivity index (χ0) is 26.2. The van der Waals surface area contributed by atoms with Crippen LogP contribution in [0.2, 0.25) is 0 Å². The summed E-state index contributed by atoms with van der Waals surface area (Å²) in [5.74, 6) is -1.29. The number of ether oxygens (including phenoxy) is 2. The first-order chi connectivity index (χ1) is 17.4. The molecule has 0 saturated heterocycles. The average molecular weight is 501 g/mol. The highest BCUT2D eigenvalue weighted by Gasteiger charge is 2.19. The van der Waals surface area contributed by atoms with Gasteiger partial charge < -0.3 is 19.7 Å². The topological polar surface area (TPSA) is 127 Å². The number of rotatable bonds is 0. The molecule has 1 aromatic rings. The molecule has 1 aliphatic heterocycles. The molecular weight excluding hydrogens is 464 g/mol. The van der Waals surface area contributed by atoms with E-state index in [9.17, 15) is 29.4 Å². The highest BCUT2D eigenvalue weighted by molar-refractivity contribution is 6.03. The molecule has 0 saturated carbocycles. The van der Waals surface area contributed by atoms with Gasteiger partial charge >= 0.3 is 11.9 Å². The van der Waals surface area contributed by atoms with E-state index in [0.29, 0.717) is 38.5 Å². The van der Waals surface area contributed by atoms with Gasteiger partial charge in [-0.3, -0.25) is 9.59 Å². The van der Waals surface area contributed by atoms with Crippen LogP contribution in [0.25, 0.3) is 0 Å². The van der Waals surface area contributed by atoms with E-state index in [1.807, 2.05) is 0 Å². The molecule has 0 aliphatic carbocycles. The van der Waals surface area contributed by atoms with Crippen LogP contribution in [0.1, 0.15) is 84.9 Å². The van der Waals surface area contributed by atoms with Gasteiger partial charge in [0.15, 0.2) is 0 Å². The number of benzene rings is 1. The minimum Gasteiger partial charge on any atom is -0.462 e. The molecule has 2 unspecified atom stereocenters. The summed E-state index contributed by atoms with van der Waals surface area (Å²) in [6.45, 7) is -0.0858. The normalized spacial score (nSPS) is 24.7. The van der Waals surface area contributed by atoms with Crippen molar-refractivity contribution in [2.24, 2.45) is 0 Å². The number of cyclic esters (lactones) is 2. The van der Waals surface area contributed by atoms with Crippen LogP contribution >= 0.6 is 0 Å². The maximum atomic E-state index is 12.5. The molecule has 196 valence electrons. The molecule has 8 nitrogen and oxygen atoms in total. The highest BCUT2D eigenvalue weighted by atomic mass is 16.5. The summed E-state index contributed by atoms with van der Waals surface area (Å²) in [4.78, 5) is 48.9. The van der Waals surface area contributed by atoms with Gasteiger partial charge in [-0.15, -0.1) is 0 Å². The van der Waals surface area contributed by atoms with E-state index in [1.54, 1.807) is 36.4 Å². The number of hydrogen-bond acceptors (Lipinski definition) is 8. The first-order valence-corrected chi connectivity index (χ1v) is 12.5. The molecule has 0 amide bonds. The van der Waals surface area contributed by atoms with Crippen LogP contribution < -0.4 is 0 Å². The number of aliphatic hydroxyl groups is 2. The predicted octanol–water partition coefficient (Wildman–Crippen LogP) is 3.89. The quantitative estimate of drug-likeness (QED) is 0.406. The molecule has 2 rings (SSSR count). The Kier molecular flexibility index (Phi) is 13.4. The smallest absolute Gasteiger partial charge is 0.339 e. The van der Waals surface area contributed by atoms with E-state index >= 15 is 0 Å². The van der Waals surface area contributed by atoms with Crippen molar-refractivity contribution in [3.63, 3.8) is 0 Å². The Hall–Kier alpha value is -3.10. The van der Waals surface area contributed by atoms with Gasteiger partial charge in [0.05, 0.1) is 36.5 Å². The van der Waals surface area contributed by atoms with Crippen molar-refractivity contribution >= 4 is 23.5 Å². The van der Waals surface area contributed by atoms with Crippen molar-refractivity contribution in [1.82, 2.24) is 0 Å². The van der Waals surface area contributed by atoms with Crippen molar-refractivity contribution in [1.29, 1.82) is 0 Å². The number of hydrogen-bond donors (Lipinski definition) is 2. The first kappa shape index (κ1) is 29.1. The molecule has 0 spiro atoms. The number of carbonyl (C=O) groups excluding carboxylic acids is 4. The molecule has 36 heavy (non-hydrogen) atoms. The van der Waals surface area contributed by atoms with E-state index < -0.39 is 24.1 Å². The Morgan fingerprint density at radius 1 is 0.639 bits per heavy atom. The zero-order valence-corrected chi connectivity index (χ0v) is 20.6. The number of Topliss-reactive ketones (excluding diaryl/α,β-unsaturated/α-hetero) is 2. The molecule has 0 bridgehead atoms. The second-order valence-electron chi connectivity index (χ2n) is 8.75. The number of ketones is 2. The fraction of sp³-hybridized carbons (Fsp3) is 0.500. The number of allylic oxidation sites excluding steroid dienone is 2. The third kappa shape index (κ3) is 11.6. The van der Waals surface area contributed by atoms with E-state index in [4.69, 9.17) is 9.47 Å². The van der Waals surface area contributed by atoms with Crippen LogP contribution in [0.15, 0.2) is 48.6 Å². The molecule has 1 aliphatic rings. The molecule has 0 radical (unpaired) electrons. The monoisotopic (exact) mass is 500 g/mol. The van der Waals surface area contributed by atoms with Crippen molar-refractivity contribution in [3.05, 3.63) is 59.7 Å². The summed E-state index contributed by atoms with van der Waals surface area (Å²) in [6, 6.07) is 6.15. The Balaban J connectivity index is 1.99. The molecule has 2 N–H and O–H groups in total. The Labute approximate surface area is 212 Å². The van der Waals surface area contributed by atoms with E-state index in [-0.39, 0.29) is 61.6 Å². The lowest BCUT2D eigenvalue weighted by molar-refractivity contribution is -0.124. The lowest BCUT2D eigenvalue weighted by Crippen LogP contribution is -2.17. The number of esters is 2. The average Bonchev–Trinajstić information content (AvgIpc) is 2.86. The maximum Gasteiger partial charge on any atom is 0.339 e. The van der Waals surface area contributed by atoms with Gasteiger partial charge in [0.1, 0.15) is 11.6 Å². The molecule has 0 fully saturated rings. The minimum absolute atomic E-state index is 0.0429. The summed E-state index contributed by atoms with van der Waals surface area (Å²) in [5.41, 5.74) is 0.127. The fourth-order valence-electron chi connectivity index (χ4n) is 3.60. The lowest BCUT2D eigenvalue weighted by Gasteiger charge is -2.11. The maximum absolute atomic E-state index is 12.5. The second kappa shape index (κ2) is 16.5. The van der Waals surface area contributed by atoms with E-state index in [1.165, 1.54) is 12.1 Å². The van der Waals surface area contributed by atoms with Gasteiger partial charge in [-0.1, -0.05) is 36.4 Å². The van der Waals surface area contributed by atoms with Gasteiger partial charge in [-0.05, 0) is 37.8 Å². The summed E-state index contributed by atoms with van der Waals surface area (Å²) >= 11 is 0. The Bertz CT molecular complexity index is 858. The van der Waals surface area contributed by atoms with Gasteiger partial charge in [-0.25, -0.2) is 9.59 Å². The number of carbonyl (C=O) groups is 4. The Morgan fingerprint density at radius 3 is 1.47 bits per heavy atom. The molecule has 1 aromatic carbocycles. The lowest BCUT2D eigenvalue weighted by atomic mass is 10.0. The summed E-state index contributed by atoms with van der Waals surface area (Å²) < 4.78 is 10.5. The Morgan fingerprint density at radius 2 is 1.06 bits per heavy atom. The van der Waals surface area contributed by atoms with Crippen LogP contribution in [0, 0.1) is 0 Å². The summed E-state index contributed by atoms with van der Waals surface area (Å²) in [6.07, 6.45) is 9.24. The molecule has 8 heteroatoms. The predicted molar refractivity (Wildman–Crippen MR) is 133 cm³/mol. The first-order valence-electron chi connectivity index (χ1n) is 12.5. The highest BCUT2D eigenvalue weighted by Crippen LogP contribution is 2.14. The molecule has 0 aromatic heterocycles. The van der Waals surface area contributed by atoms with Crippen molar-refractivity contribution in [2.75, 3.05) is 13.2 Å². The minimum atomic E-state index is -0.814. The summed E-state index contributed by atoms with van der Waals surface area (Å²) in [7, 11) is 0. The van der Waals surface area contributed by atoms with Crippen LogP contribution in [-0.2, 0) is 19.1 Å². The van der Waals surface area contributed by atoms with Gasteiger partial charge in [0.25, 0.3) is 0 Å². The van der Waals surface area contributed by atoms with E-state index in [0.717, 1.165) is 0 Å². The van der Waals surface area contributed by atoms with Gasteiger partial charge in [0.2, 0.25) is 0 Å². The third-order valence-corrected chi connectivity index (χ3v) is 5.71. The van der Waals surface area contributed by atoms with E-state index in [2.05, 4.69) is 0 Å². The fourth-order valence-corrected chi connectivity index (χ4v) is 3.60. The van der Waals surface area contributed by atoms with Crippen LogP contribution in [0.3, 0.4) is 0 Å². The molecule has 2 atom stereocenters. The standard InChI is InChI=1S/C28H36O8/c29-21-9-3-1-5-11-23(31)17-19-35-27(33)25-13-7-8-14-26(25)28(34)36-20-18-24(32)12-6-2-4-10-22(30)16-15-21/h5-8,11-14,23-24,31-32H,1-4,9-10,15-20H2/b11-5+,12-6+. The third-order valence-electron chi connectivity index (χ3n) is 5.71. The SMILES string of the molecule is O=C1CCC/C=C/C(O)CCOC(=O)c2ccccc2C(=O)OCCC(O)/C=C/CCCC(=O)CC1. The summed E-state index contributed by atoms with van der Waals surface area (Å²) in [5, 5.41) is 20.1. The van der Waals surface area contributed by atoms with Crippen molar-refractivity contribution in [3.8, 4) is 0 Å². The molecule has 1 heterocycles. The molecular formula is C28H36O8. The second-order valence-corrected chi connectivity index (χ2v) is 8.75. The van der Waals surface area contributed by atoms with Gasteiger partial charge in [0, 0.05) is 38.5 Å². The van der Waals surface area contributed by atoms with Crippen molar-refractivity contribution < 1.29 is 38.9 Å². The van der Waals surface area contributed by atoms with Gasteiger partial charge in [-0.2, -0.15) is 0 Å². The number of fused-ring (bicyclic) bond motifs is 1. The van der Waals surface area contributed by atoms with Crippen LogP contribution in [-0.4, -0.2) is 59.1 Å². The van der Waals surface area contributed by atoms with Crippen molar-refractivity contribution in [2.45, 2.75) is 76.4 Å². The zero-order valence-electron chi connectivity index (χ0n) is 20.6. The largest absolute Gasteiger partial charge is 0.462 e. The number of aliphatic hydroxyl groups excluding tert-OH is 2. The van der Waals surface area contributed by atoms with Crippen LogP contribution in [0.4, 0.5) is 0 Å².